The summed E-state index contributed by atoms with van der Waals surface area (Å²) in [5.41, 5.74) is 13.1. The Labute approximate surface area is 74.9 Å². The van der Waals surface area contributed by atoms with Gasteiger partial charge < -0.3 is 15.8 Å². The van der Waals surface area contributed by atoms with Crippen LogP contribution in [0.15, 0.2) is 5.11 Å². The molecule has 1 heterocycles. The van der Waals surface area contributed by atoms with E-state index in [1.54, 1.807) is 0 Å². The molecule has 72 valence electrons. The number of amides is 1. The number of primary amides is 1. The minimum absolute atomic E-state index is 0.307. The lowest BCUT2D eigenvalue weighted by atomic mass is 10.0. The van der Waals surface area contributed by atoms with Gasteiger partial charge in [0.15, 0.2) is 0 Å². The molecule has 0 unspecified atom stereocenters. The highest BCUT2D eigenvalue weighted by atomic mass is 16.6. The number of carbonyl (C=O) groups excluding carboxylic acids is 1. The molecular weight excluding hydrogens is 174 g/mol. The zero-order valence-electron chi connectivity index (χ0n) is 7.01. The highest BCUT2D eigenvalue weighted by Crippen LogP contribution is 2.11. The summed E-state index contributed by atoms with van der Waals surface area (Å²) in [4.78, 5) is 13.1. The topological polar surface area (TPSA) is 113 Å². The second-order valence-electron chi connectivity index (χ2n) is 2.74. The summed E-state index contributed by atoms with van der Waals surface area (Å²) in [7, 11) is 0. The van der Waals surface area contributed by atoms with Crippen LogP contribution < -0.4 is 11.1 Å². The van der Waals surface area contributed by atoms with Crippen LogP contribution in [-0.2, 0) is 4.74 Å². The Morgan fingerprint density at radius 3 is 3.15 bits per heavy atom. The van der Waals surface area contributed by atoms with Gasteiger partial charge in [-0.05, 0) is 18.5 Å². The van der Waals surface area contributed by atoms with E-state index in [4.69, 9.17) is 16.0 Å². The third-order valence-electron chi connectivity index (χ3n) is 1.86. The molecule has 13 heavy (non-hydrogen) atoms. The van der Waals surface area contributed by atoms with Crippen molar-refractivity contribution in [2.75, 3.05) is 13.1 Å². The number of nitrogens with one attached hydrogen (secondary N) is 1. The Kier molecular flexibility index (Phi) is 3.36. The molecule has 1 fully saturated rings. The zero-order valence-corrected chi connectivity index (χ0v) is 7.01. The average Bonchev–Trinajstić information content (AvgIpc) is 2.08. The van der Waals surface area contributed by atoms with Crippen molar-refractivity contribution in [3.8, 4) is 0 Å². The summed E-state index contributed by atoms with van der Waals surface area (Å²) in [6, 6.07) is -0.307. The van der Waals surface area contributed by atoms with E-state index in [-0.39, 0.29) is 6.04 Å². The summed E-state index contributed by atoms with van der Waals surface area (Å²) in [6.07, 6.45) is -0.629. The second-order valence-corrected chi connectivity index (χ2v) is 2.74. The monoisotopic (exact) mass is 185 g/mol. The second kappa shape index (κ2) is 4.54. The van der Waals surface area contributed by atoms with Crippen LogP contribution in [0.3, 0.4) is 0 Å². The minimum Gasteiger partial charge on any atom is -0.445 e. The molecule has 0 radical (unpaired) electrons. The lowest BCUT2D eigenvalue weighted by molar-refractivity contribution is 0.0777. The van der Waals surface area contributed by atoms with Crippen LogP contribution >= 0.6 is 0 Å². The molecule has 0 aromatic heterocycles. The molecule has 1 rings (SSSR count). The van der Waals surface area contributed by atoms with Crippen molar-refractivity contribution in [2.24, 2.45) is 10.8 Å². The number of nitrogens with two attached hydrogens (primary N) is 1. The number of piperidine rings is 1. The smallest absolute Gasteiger partial charge is 0.404 e. The first-order valence-corrected chi connectivity index (χ1v) is 3.95. The molecule has 0 saturated carbocycles. The van der Waals surface area contributed by atoms with Crippen LogP contribution in [0.1, 0.15) is 6.42 Å². The fourth-order valence-corrected chi connectivity index (χ4v) is 1.28. The molecule has 2 atom stereocenters. The fourth-order valence-electron chi connectivity index (χ4n) is 1.28. The van der Waals surface area contributed by atoms with Gasteiger partial charge in [-0.3, -0.25) is 0 Å². The number of hydrogen-bond donors (Lipinski definition) is 2. The van der Waals surface area contributed by atoms with Gasteiger partial charge in [0.05, 0.1) is 6.04 Å². The van der Waals surface area contributed by atoms with Crippen molar-refractivity contribution >= 4 is 6.09 Å². The SMILES string of the molecule is [N-]=[N+]=N[C@@H]1CCNC[C@@H]1OC(N)=O. The number of nitrogens with zero attached hydrogens (tertiary/aromatic N) is 3. The highest BCUT2D eigenvalue weighted by molar-refractivity contribution is 5.64. The fraction of sp³-hybridized carbons (Fsp3) is 0.833. The summed E-state index contributed by atoms with van der Waals surface area (Å²) < 4.78 is 4.77. The van der Waals surface area contributed by atoms with Crippen LogP contribution in [0.25, 0.3) is 10.4 Å². The number of azide groups is 1. The Hall–Kier alpha value is -1.46. The first-order chi connectivity index (χ1) is 6.24. The van der Waals surface area contributed by atoms with E-state index in [9.17, 15) is 4.79 Å². The number of hydrogen-bond acceptors (Lipinski definition) is 4. The van der Waals surface area contributed by atoms with Gasteiger partial charge in [0, 0.05) is 11.5 Å². The molecular formula is C6H11N5O2. The average molecular weight is 185 g/mol. The number of rotatable bonds is 2. The summed E-state index contributed by atoms with van der Waals surface area (Å²) in [5.74, 6) is 0. The largest absolute Gasteiger partial charge is 0.445 e. The Morgan fingerprint density at radius 2 is 2.54 bits per heavy atom. The van der Waals surface area contributed by atoms with Crippen molar-refractivity contribution < 1.29 is 9.53 Å². The maximum atomic E-state index is 10.5. The van der Waals surface area contributed by atoms with Crippen LogP contribution in [0.4, 0.5) is 4.79 Å². The van der Waals surface area contributed by atoms with Crippen LogP contribution in [0.2, 0.25) is 0 Å². The Bertz CT molecular complexity index is 237. The molecule has 1 aliphatic rings. The molecule has 1 amide bonds. The van der Waals surface area contributed by atoms with Crippen molar-refractivity contribution in [1.82, 2.24) is 5.32 Å². The lowest BCUT2D eigenvalue weighted by Gasteiger charge is -2.27. The summed E-state index contributed by atoms with van der Waals surface area (Å²) >= 11 is 0. The zero-order chi connectivity index (χ0) is 9.68. The third-order valence-corrected chi connectivity index (χ3v) is 1.86. The normalized spacial score (nSPS) is 27.4. The summed E-state index contributed by atoms with van der Waals surface area (Å²) in [6.45, 7) is 1.23. The van der Waals surface area contributed by atoms with Gasteiger partial charge in [-0.2, -0.15) is 0 Å². The number of carbonyl (C=O) groups is 1. The molecule has 7 heteroatoms. The molecule has 1 saturated heterocycles. The molecule has 0 aromatic rings. The Morgan fingerprint density at radius 1 is 1.77 bits per heavy atom. The molecule has 3 N–H and O–H groups in total. The predicted molar refractivity (Wildman–Crippen MR) is 44.9 cm³/mol. The van der Waals surface area contributed by atoms with Gasteiger partial charge in [0.25, 0.3) is 0 Å². The molecule has 0 aromatic carbocycles. The molecule has 1 aliphatic heterocycles. The van der Waals surface area contributed by atoms with Crippen molar-refractivity contribution in [3.05, 3.63) is 10.4 Å². The Balaban J connectivity index is 2.55. The first kappa shape index (κ1) is 9.63. The van der Waals surface area contributed by atoms with Crippen LogP contribution in [0, 0.1) is 0 Å². The van der Waals surface area contributed by atoms with Crippen molar-refractivity contribution in [2.45, 2.75) is 18.6 Å². The van der Waals surface area contributed by atoms with Gasteiger partial charge in [-0.25, -0.2) is 4.79 Å². The first-order valence-electron chi connectivity index (χ1n) is 3.95. The lowest BCUT2D eigenvalue weighted by Crippen LogP contribution is -2.46. The van der Waals surface area contributed by atoms with Crippen molar-refractivity contribution in [3.63, 3.8) is 0 Å². The van der Waals surface area contributed by atoms with Crippen LogP contribution in [-0.4, -0.2) is 31.3 Å². The van der Waals surface area contributed by atoms with E-state index in [1.165, 1.54) is 0 Å². The number of ether oxygens (including phenoxy) is 1. The van der Waals surface area contributed by atoms with E-state index in [0.29, 0.717) is 13.0 Å². The maximum absolute atomic E-state index is 10.5. The standard InChI is InChI=1S/C6H11N5O2/c7-6(12)13-5-3-9-2-1-4(5)10-11-8/h4-5,9H,1-3H2,(H2,7,12)/t4-,5+/m1/s1. The molecule has 0 spiro atoms. The van der Waals surface area contributed by atoms with Gasteiger partial charge in [-0.15, -0.1) is 0 Å². The molecule has 0 bridgehead atoms. The predicted octanol–water partition coefficient (Wildman–Crippen LogP) is 0.123. The van der Waals surface area contributed by atoms with E-state index in [1.807, 2.05) is 0 Å². The van der Waals surface area contributed by atoms with E-state index in [2.05, 4.69) is 15.3 Å². The summed E-state index contributed by atoms with van der Waals surface area (Å²) in [5, 5.41) is 6.54. The van der Waals surface area contributed by atoms with Crippen molar-refractivity contribution in [1.29, 1.82) is 0 Å². The third kappa shape index (κ3) is 2.81. The van der Waals surface area contributed by atoms with E-state index >= 15 is 0 Å². The maximum Gasteiger partial charge on any atom is 0.404 e. The quantitative estimate of drug-likeness (QED) is 0.362. The van der Waals surface area contributed by atoms with E-state index in [0.717, 1.165) is 6.54 Å². The van der Waals surface area contributed by atoms with Gasteiger partial charge in [0.2, 0.25) is 0 Å². The highest BCUT2D eigenvalue weighted by Gasteiger charge is 2.26. The van der Waals surface area contributed by atoms with Gasteiger partial charge in [0.1, 0.15) is 6.10 Å². The van der Waals surface area contributed by atoms with Gasteiger partial charge >= 0.3 is 6.09 Å². The molecule has 0 aliphatic carbocycles. The van der Waals surface area contributed by atoms with E-state index < -0.39 is 12.2 Å². The van der Waals surface area contributed by atoms with Crippen LogP contribution in [0.5, 0.6) is 0 Å². The molecule has 7 nitrogen and oxygen atoms in total. The minimum atomic E-state index is -0.841. The van der Waals surface area contributed by atoms with Gasteiger partial charge in [-0.1, -0.05) is 5.11 Å².